The molecule has 3 aromatic rings. The number of pyridine rings is 1. The van der Waals surface area contributed by atoms with Crippen LogP contribution < -0.4 is 14.8 Å². The highest BCUT2D eigenvalue weighted by molar-refractivity contribution is 6.01. The minimum absolute atomic E-state index is 0.107. The van der Waals surface area contributed by atoms with Gasteiger partial charge in [0.05, 0.1) is 19.9 Å². The normalized spacial score (nSPS) is 10.4. The van der Waals surface area contributed by atoms with Gasteiger partial charge in [0.15, 0.2) is 0 Å². The maximum Gasteiger partial charge on any atom is 0.273 e. The number of anilines is 1. The summed E-state index contributed by atoms with van der Waals surface area (Å²) in [7, 11) is 3.05. The van der Waals surface area contributed by atoms with Crippen LogP contribution >= 0.6 is 0 Å². The summed E-state index contributed by atoms with van der Waals surface area (Å²) in [5.74, 6) is 0.265. The molecular weight excluding hydrogens is 370 g/mol. The Labute approximate surface area is 169 Å². The number of carbonyl (C=O) groups excluding carboxylic acids is 2. The van der Waals surface area contributed by atoms with Crippen LogP contribution in [0.3, 0.4) is 0 Å². The van der Waals surface area contributed by atoms with Crippen LogP contribution in [-0.4, -0.2) is 49.0 Å². The molecule has 0 aliphatic carbocycles. The summed E-state index contributed by atoms with van der Waals surface area (Å²) in [6.45, 7) is 2.06. The van der Waals surface area contributed by atoms with Crippen molar-refractivity contribution in [2.45, 2.75) is 6.92 Å². The first-order valence-electron chi connectivity index (χ1n) is 9.23. The van der Waals surface area contributed by atoms with E-state index >= 15 is 0 Å². The van der Waals surface area contributed by atoms with Crippen molar-refractivity contribution in [2.24, 2.45) is 0 Å². The lowest BCUT2D eigenvalue weighted by atomic mass is 10.1. The molecule has 0 saturated carbocycles. The smallest absolute Gasteiger partial charge is 0.273 e. The third-order valence-electron chi connectivity index (χ3n) is 4.50. The third-order valence-corrected chi connectivity index (χ3v) is 4.50. The Morgan fingerprint density at radius 3 is 2.48 bits per heavy atom. The first kappa shape index (κ1) is 20.1. The number of para-hydroxylation sites is 2. The molecule has 2 aromatic carbocycles. The lowest BCUT2D eigenvalue weighted by Crippen LogP contribution is -2.38. The maximum absolute atomic E-state index is 13.0. The predicted molar refractivity (Wildman–Crippen MR) is 111 cm³/mol. The van der Waals surface area contributed by atoms with Gasteiger partial charge in [-0.2, -0.15) is 0 Å². The molecular formula is C22H23N3O4. The summed E-state index contributed by atoms with van der Waals surface area (Å²) < 4.78 is 10.6. The number of amides is 2. The number of nitrogens with zero attached hydrogens (tertiary/aromatic N) is 2. The molecule has 0 unspecified atom stereocenters. The molecule has 1 N–H and O–H groups in total. The average Bonchev–Trinajstić information content (AvgIpc) is 2.76. The van der Waals surface area contributed by atoms with E-state index in [9.17, 15) is 9.59 Å². The number of nitrogens with one attached hydrogen (secondary N) is 1. The number of rotatable bonds is 7. The molecule has 29 heavy (non-hydrogen) atoms. The van der Waals surface area contributed by atoms with Gasteiger partial charge in [-0.05, 0) is 36.6 Å². The van der Waals surface area contributed by atoms with Gasteiger partial charge in [-0.1, -0.05) is 30.3 Å². The van der Waals surface area contributed by atoms with E-state index < -0.39 is 0 Å². The van der Waals surface area contributed by atoms with Crippen molar-refractivity contribution < 1.29 is 19.1 Å². The van der Waals surface area contributed by atoms with Gasteiger partial charge in [-0.15, -0.1) is 0 Å². The molecule has 0 fully saturated rings. The van der Waals surface area contributed by atoms with Crippen LogP contribution in [0.25, 0.3) is 10.8 Å². The average molecular weight is 393 g/mol. The Bertz CT molecular complexity index is 1040. The number of hydrogen-bond donors (Lipinski definition) is 1. The highest BCUT2D eigenvalue weighted by Crippen LogP contribution is 2.25. The molecule has 0 aliphatic heterocycles. The van der Waals surface area contributed by atoms with Gasteiger partial charge in [-0.3, -0.25) is 9.59 Å². The maximum atomic E-state index is 13.0. The highest BCUT2D eigenvalue weighted by atomic mass is 16.5. The fourth-order valence-electron chi connectivity index (χ4n) is 3.03. The first-order chi connectivity index (χ1) is 14.1. The van der Waals surface area contributed by atoms with Gasteiger partial charge < -0.3 is 19.7 Å². The van der Waals surface area contributed by atoms with Gasteiger partial charge in [0.1, 0.15) is 18.0 Å². The van der Waals surface area contributed by atoms with Crippen LogP contribution in [0.1, 0.15) is 17.4 Å². The number of ether oxygens (including phenoxy) is 2. The lowest BCUT2D eigenvalue weighted by Gasteiger charge is -2.21. The summed E-state index contributed by atoms with van der Waals surface area (Å²) >= 11 is 0. The number of aromatic nitrogens is 1. The fraction of sp³-hybridized carbons (Fsp3) is 0.227. The predicted octanol–water partition coefficient (Wildman–Crippen LogP) is 3.35. The molecule has 2 amide bonds. The molecule has 0 spiro atoms. The van der Waals surface area contributed by atoms with Crippen LogP contribution in [-0.2, 0) is 4.79 Å². The van der Waals surface area contributed by atoms with E-state index in [2.05, 4.69) is 10.3 Å². The van der Waals surface area contributed by atoms with E-state index in [4.69, 9.17) is 9.47 Å². The van der Waals surface area contributed by atoms with Crippen molar-refractivity contribution in [3.8, 4) is 11.6 Å². The Morgan fingerprint density at radius 2 is 1.76 bits per heavy atom. The van der Waals surface area contributed by atoms with Crippen LogP contribution in [0, 0.1) is 0 Å². The second-order valence-corrected chi connectivity index (χ2v) is 6.31. The van der Waals surface area contributed by atoms with Crippen LogP contribution in [0.5, 0.6) is 11.6 Å². The van der Waals surface area contributed by atoms with Crippen LogP contribution in [0.15, 0.2) is 54.6 Å². The van der Waals surface area contributed by atoms with E-state index in [1.54, 1.807) is 24.3 Å². The van der Waals surface area contributed by atoms with Gasteiger partial charge in [0.25, 0.3) is 5.91 Å². The minimum atomic E-state index is -0.341. The molecule has 1 aromatic heterocycles. The topological polar surface area (TPSA) is 80.8 Å². The first-order valence-corrected chi connectivity index (χ1v) is 9.23. The zero-order valence-electron chi connectivity index (χ0n) is 16.6. The standard InChI is InChI=1S/C22H23N3O4/c1-4-25(14-20(26)23-17-11-7-8-12-19(17)28-2)22(27)18-13-15-9-5-6-10-16(15)21(24-18)29-3/h5-13H,4,14H2,1-3H3,(H,23,26). The van der Waals surface area contributed by atoms with E-state index in [-0.39, 0.29) is 24.1 Å². The van der Waals surface area contributed by atoms with Crippen molar-refractivity contribution in [3.63, 3.8) is 0 Å². The summed E-state index contributed by atoms with van der Waals surface area (Å²) in [5, 5.41) is 4.45. The van der Waals surface area contributed by atoms with Crippen molar-refractivity contribution in [3.05, 3.63) is 60.3 Å². The third kappa shape index (κ3) is 4.45. The molecule has 0 radical (unpaired) electrons. The van der Waals surface area contributed by atoms with Gasteiger partial charge >= 0.3 is 0 Å². The fourth-order valence-corrected chi connectivity index (χ4v) is 3.03. The number of benzene rings is 2. The van der Waals surface area contributed by atoms with Crippen LogP contribution in [0.4, 0.5) is 5.69 Å². The molecule has 0 atom stereocenters. The molecule has 0 aliphatic rings. The number of carbonyl (C=O) groups is 2. The molecule has 7 heteroatoms. The summed E-state index contributed by atoms with van der Waals surface area (Å²) in [6.07, 6.45) is 0. The van der Waals surface area contributed by atoms with E-state index in [1.807, 2.05) is 37.3 Å². The van der Waals surface area contributed by atoms with Gasteiger partial charge in [-0.25, -0.2) is 4.98 Å². The zero-order chi connectivity index (χ0) is 20.8. The SMILES string of the molecule is CCN(CC(=O)Nc1ccccc1OC)C(=O)c1cc2ccccc2c(OC)n1. The quantitative estimate of drug-likeness (QED) is 0.666. The zero-order valence-corrected chi connectivity index (χ0v) is 16.6. The molecule has 1 heterocycles. The second-order valence-electron chi connectivity index (χ2n) is 6.31. The van der Waals surface area contributed by atoms with Crippen molar-refractivity contribution >= 4 is 28.3 Å². The Kier molecular flexibility index (Phi) is 6.29. The Hall–Kier alpha value is -3.61. The lowest BCUT2D eigenvalue weighted by molar-refractivity contribution is -0.116. The highest BCUT2D eigenvalue weighted by Gasteiger charge is 2.21. The van der Waals surface area contributed by atoms with Crippen molar-refractivity contribution in [2.75, 3.05) is 32.6 Å². The van der Waals surface area contributed by atoms with Gasteiger partial charge in [0.2, 0.25) is 11.8 Å². The van der Waals surface area contributed by atoms with E-state index in [0.717, 1.165) is 10.8 Å². The monoisotopic (exact) mass is 393 g/mol. The number of hydrogen-bond acceptors (Lipinski definition) is 5. The van der Waals surface area contributed by atoms with E-state index in [1.165, 1.54) is 19.1 Å². The minimum Gasteiger partial charge on any atom is -0.495 e. The molecule has 0 bridgehead atoms. The molecule has 0 saturated heterocycles. The van der Waals surface area contributed by atoms with Gasteiger partial charge in [0, 0.05) is 11.9 Å². The molecule has 150 valence electrons. The van der Waals surface area contributed by atoms with Crippen molar-refractivity contribution in [1.29, 1.82) is 0 Å². The number of likely N-dealkylation sites (N-methyl/N-ethyl adjacent to an activating group) is 1. The van der Waals surface area contributed by atoms with Crippen molar-refractivity contribution in [1.82, 2.24) is 9.88 Å². The molecule has 7 nitrogen and oxygen atoms in total. The Morgan fingerprint density at radius 1 is 1.03 bits per heavy atom. The van der Waals surface area contributed by atoms with E-state index in [0.29, 0.717) is 23.9 Å². The number of fused-ring (bicyclic) bond motifs is 1. The summed E-state index contributed by atoms with van der Waals surface area (Å²) in [5.41, 5.74) is 0.779. The summed E-state index contributed by atoms with van der Waals surface area (Å²) in [4.78, 5) is 31.3. The molecule has 3 rings (SSSR count). The second kappa shape index (κ2) is 9.05. The van der Waals surface area contributed by atoms with Crippen LogP contribution in [0.2, 0.25) is 0 Å². The number of methoxy groups -OCH3 is 2. The Balaban J connectivity index is 1.80. The summed E-state index contributed by atoms with van der Waals surface area (Å²) in [6, 6.07) is 16.4. The largest absolute Gasteiger partial charge is 0.495 e.